The third-order valence-electron chi connectivity index (χ3n) is 1.22. The second-order valence-corrected chi connectivity index (χ2v) is 5.96. The number of halogens is 2. The molecular formula is C7H7Br2NO2S. The van der Waals surface area contributed by atoms with E-state index in [1.807, 2.05) is 0 Å². The first-order valence-corrected chi connectivity index (χ1v) is 6.79. The standard InChI is InChI=1S/C7H7Br2NO2S/c1-13(11,12)10-5-2-3-6(8)7(9)4-5/h2-4,10H,1H3. The molecule has 0 saturated heterocycles. The summed E-state index contributed by atoms with van der Waals surface area (Å²) in [6, 6.07) is 5.12. The van der Waals surface area contributed by atoms with Crippen molar-refractivity contribution in [1.29, 1.82) is 0 Å². The highest BCUT2D eigenvalue weighted by Gasteiger charge is 2.03. The maximum absolute atomic E-state index is 10.9. The molecule has 1 aromatic carbocycles. The van der Waals surface area contributed by atoms with Crippen LogP contribution in [0.1, 0.15) is 0 Å². The number of nitrogens with one attached hydrogen (secondary N) is 1. The molecule has 13 heavy (non-hydrogen) atoms. The molecule has 0 aliphatic heterocycles. The molecule has 1 aromatic rings. The highest BCUT2D eigenvalue weighted by atomic mass is 79.9. The monoisotopic (exact) mass is 327 g/mol. The molecule has 1 N–H and O–H groups in total. The smallest absolute Gasteiger partial charge is 0.229 e. The van der Waals surface area contributed by atoms with E-state index in [0.717, 1.165) is 15.2 Å². The Hall–Kier alpha value is -0.0700. The van der Waals surface area contributed by atoms with Crippen LogP contribution in [0.25, 0.3) is 0 Å². The molecule has 3 nitrogen and oxygen atoms in total. The molecule has 1 rings (SSSR count). The van der Waals surface area contributed by atoms with E-state index in [2.05, 4.69) is 36.6 Å². The van der Waals surface area contributed by atoms with Gasteiger partial charge in [-0.15, -0.1) is 0 Å². The fourth-order valence-electron chi connectivity index (χ4n) is 0.774. The quantitative estimate of drug-likeness (QED) is 0.907. The summed E-state index contributed by atoms with van der Waals surface area (Å²) >= 11 is 6.56. The van der Waals surface area contributed by atoms with Crippen molar-refractivity contribution in [2.45, 2.75) is 0 Å². The molecule has 0 aliphatic rings. The van der Waals surface area contributed by atoms with E-state index in [-0.39, 0.29) is 0 Å². The summed E-state index contributed by atoms with van der Waals surface area (Å²) in [5.74, 6) is 0. The summed E-state index contributed by atoms with van der Waals surface area (Å²) in [6.07, 6.45) is 1.11. The highest BCUT2D eigenvalue weighted by molar-refractivity contribution is 9.13. The molecule has 0 heterocycles. The molecule has 0 unspecified atom stereocenters. The maximum atomic E-state index is 10.9. The molecule has 72 valence electrons. The average Bonchev–Trinajstić information content (AvgIpc) is 1.94. The lowest BCUT2D eigenvalue weighted by Gasteiger charge is -2.04. The first-order chi connectivity index (χ1) is 5.88. The van der Waals surface area contributed by atoms with Crippen LogP contribution in [0.3, 0.4) is 0 Å². The van der Waals surface area contributed by atoms with E-state index in [4.69, 9.17) is 0 Å². The molecule has 0 radical (unpaired) electrons. The largest absolute Gasteiger partial charge is 0.284 e. The topological polar surface area (TPSA) is 46.2 Å². The van der Waals surface area contributed by atoms with Gasteiger partial charge in [-0.05, 0) is 50.1 Å². The number of anilines is 1. The van der Waals surface area contributed by atoms with Gasteiger partial charge in [0.2, 0.25) is 10.0 Å². The van der Waals surface area contributed by atoms with Crippen molar-refractivity contribution in [3.05, 3.63) is 27.1 Å². The third kappa shape index (κ3) is 3.66. The predicted molar refractivity (Wildman–Crippen MR) is 60.3 cm³/mol. The summed E-state index contributed by atoms with van der Waals surface area (Å²) in [6.45, 7) is 0. The van der Waals surface area contributed by atoms with E-state index < -0.39 is 10.0 Å². The highest BCUT2D eigenvalue weighted by Crippen LogP contribution is 2.26. The van der Waals surface area contributed by atoms with Gasteiger partial charge in [0.05, 0.1) is 6.26 Å². The van der Waals surface area contributed by atoms with Crippen LogP contribution in [0.15, 0.2) is 27.1 Å². The van der Waals surface area contributed by atoms with E-state index >= 15 is 0 Å². The fraction of sp³-hybridized carbons (Fsp3) is 0.143. The number of sulfonamides is 1. The first-order valence-electron chi connectivity index (χ1n) is 3.31. The molecule has 0 aromatic heterocycles. The fourth-order valence-corrected chi connectivity index (χ4v) is 1.95. The minimum absolute atomic E-state index is 0.539. The van der Waals surface area contributed by atoms with Crippen molar-refractivity contribution < 1.29 is 8.42 Å². The number of rotatable bonds is 2. The van der Waals surface area contributed by atoms with Gasteiger partial charge >= 0.3 is 0 Å². The molecule has 0 aliphatic carbocycles. The third-order valence-corrected chi connectivity index (χ3v) is 3.71. The molecule has 0 atom stereocenters. The van der Waals surface area contributed by atoms with E-state index in [0.29, 0.717) is 5.69 Å². The minimum atomic E-state index is -3.19. The van der Waals surface area contributed by atoms with Gasteiger partial charge in [0, 0.05) is 14.6 Å². The lowest BCUT2D eigenvalue weighted by molar-refractivity contribution is 0.607. The average molecular weight is 329 g/mol. The molecule has 6 heteroatoms. The lowest BCUT2D eigenvalue weighted by Crippen LogP contribution is -2.09. The van der Waals surface area contributed by atoms with Gasteiger partial charge < -0.3 is 0 Å². The van der Waals surface area contributed by atoms with Gasteiger partial charge in [0.15, 0.2) is 0 Å². The summed E-state index contributed by atoms with van der Waals surface area (Å²) < 4.78 is 25.8. The molecule has 0 amide bonds. The molecule has 0 saturated carbocycles. The van der Waals surface area contributed by atoms with Gasteiger partial charge in [-0.2, -0.15) is 0 Å². The van der Waals surface area contributed by atoms with Crippen molar-refractivity contribution in [2.75, 3.05) is 11.0 Å². The van der Waals surface area contributed by atoms with Crippen LogP contribution in [-0.2, 0) is 10.0 Å². The zero-order valence-corrected chi connectivity index (χ0v) is 10.7. The Labute approximate surface area is 93.8 Å². The Morgan fingerprint density at radius 3 is 2.31 bits per heavy atom. The van der Waals surface area contributed by atoms with Crippen molar-refractivity contribution in [1.82, 2.24) is 0 Å². The second-order valence-electron chi connectivity index (χ2n) is 2.50. The number of benzene rings is 1. The Kier molecular flexibility index (Phi) is 3.37. The van der Waals surface area contributed by atoms with Crippen LogP contribution in [0.2, 0.25) is 0 Å². The Morgan fingerprint density at radius 2 is 1.85 bits per heavy atom. The molecule has 0 spiro atoms. The Morgan fingerprint density at radius 1 is 1.23 bits per heavy atom. The van der Waals surface area contributed by atoms with Crippen LogP contribution in [0, 0.1) is 0 Å². The Balaban J connectivity index is 2.99. The second kappa shape index (κ2) is 3.98. The summed E-state index contributed by atoms with van der Waals surface area (Å²) in [7, 11) is -3.19. The van der Waals surface area contributed by atoms with Gasteiger partial charge in [-0.25, -0.2) is 8.42 Å². The van der Waals surface area contributed by atoms with E-state index in [9.17, 15) is 8.42 Å². The van der Waals surface area contributed by atoms with Gasteiger partial charge in [-0.3, -0.25) is 4.72 Å². The van der Waals surface area contributed by atoms with Crippen LogP contribution in [0.4, 0.5) is 5.69 Å². The number of hydrogen-bond acceptors (Lipinski definition) is 2. The lowest BCUT2D eigenvalue weighted by atomic mass is 10.3. The zero-order chi connectivity index (χ0) is 10.1. The van der Waals surface area contributed by atoms with Crippen molar-refractivity contribution in [2.24, 2.45) is 0 Å². The van der Waals surface area contributed by atoms with E-state index in [1.54, 1.807) is 18.2 Å². The van der Waals surface area contributed by atoms with E-state index in [1.165, 1.54) is 0 Å². The maximum Gasteiger partial charge on any atom is 0.229 e. The van der Waals surface area contributed by atoms with Crippen LogP contribution in [-0.4, -0.2) is 14.7 Å². The van der Waals surface area contributed by atoms with Crippen LogP contribution >= 0.6 is 31.9 Å². The SMILES string of the molecule is CS(=O)(=O)Nc1ccc(Br)c(Br)c1. The van der Waals surface area contributed by atoms with Gasteiger partial charge in [0.25, 0.3) is 0 Å². The van der Waals surface area contributed by atoms with Crippen molar-refractivity contribution in [3.63, 3.8) is 0 Å². The normalized spacial score (nSPS) is 11.3. The summed E-state index contributed by atoms with van der Waals surface area (Å²) in [5.41, 5.74) is 0.539. The number of hydrogen-bond donors (Lipinski definition) is 1. The van der Waals surface area contributed by atoms with Crippen LogP contribution in [0.5, 0.6) is 0 Å². The Bertz CT molecular complexity index is 417. The van der Waals surface area contributed by atoms with Crippen molar-refractivity contribution >= 4 is 47.6 Å². The van der Waals surface area contributed by atoms with Crippen molar-refractivity contribution in [3.8, 4) is 0 Å². The van der Waals surface area contributed by atoms with Crippen LogP contribution < -0.4 is 4.72 Å². The predicted octanol–water partition coefficient (Wildman–Crippen LogP) is 2.58. The summed E-state index contributed by atoms with van der Waals surface area (Å²) in [4.78, 5) is 0. The van der Waals surface area contributed by atoms with Gasteiger partial charge in [-0.1, -0.05) is 0 Å². The molecule has 0 bridgehead atoms. The molecule has 0 fully saturated rings. The summed E-state index contributed by atoms with van der Waals surface area (Å²) in [5, 5.41) is 0. The molecular weight excluding hydrogens is 322 g/mol. The zero-order valence-electron chi connectivity index (χ0n) is 6.71. The minimum Gasteiger partial charge on any atom is -0.284 e. The first kappa shape index (κ1) is 11.0. The van der Waals surface area contributed by atoms with Gasteiger partial charge in [0.1, 0.15) is 0 Å².